The summed E-state index contributed by atoms with van der Waals surface area (Å²) in [6, 6.07) is 0. The number of hydrogen-bond acceptors (Lipinski definition) is 5. The van der Waals surface area contributed by atoms with Crippen molar-refractivity contribution >= 4 is 11.9 Å². The van der Waals surface area contributed by atoms with Crippen molar-refractivity contribution in [3.63, 3.8) is 0 Å². The van der Waals surface area contributed by atoms with Gasteiger partial charge in [0.1, 0.15) is 0 Å². The van der Waals surface area contributed by atoms with E-state index in [0.717, 1.165) is 11.0 Å². The fraction of sp³-hybridized carbons (Fsp3) is 0.625. The SMILES string of the molecule is CCCC(C)(C(=O)O)n1cnc([N+](=O)[O-])n1. The fourth-order valence-corrected chi connectivity index (χ4v) is 1.38. The van der Waals surface area contributed by atoms with Crippen LogP contribution in [0.2, 0.25) is 0 Å². The number of nitrogens with zero attached hydrogens (tertiary/aromatic N) is 4. The number of aliphatic carboxylic acids is 1. The van der Waals surface area contributed by atoms with E-state index >= 15 is 0 Å². The van der Waals surface area contributed by atoms with Crippen LogP contribution in [0.4, 0.5) is 5.95 Å². The number of nitro groups is 1. The molecule has 0 fully saturated rings. The van der Waals surface area contributed by atoms with Crippen molar-refractivity contribution in [3.8, 4) is 0 Å². The lowest BCUT2D eigenvalue weighted by molar-refractivity contribution is -0.394. The van der Waals surface area contributed by atoms with Gasteiger partial charge in [0.25, 0.3) is 0 Å². The topological polar surface area (TPSA) is 111 Å². The highest BCUT2D eigenvalue weighted by Gasteiger charge is 2.38. The van der Waals surface area contributed by atoms with Crippen molar-refractivity contribution in [2.75, 3.05) is 0 Å². The summed E-state index contributed by atoms with van der Waals surface area (Å²) >= 11 is 0. The van der Waals surface area contributed by atoms with Crippen LogP contribution in [0.1, 0.15) is 26.7 Å². The van der Waals surface area contributed by atoms with E-state index in [1.165, 1.54) is 6.92 Å². The van der Waals surface area contributed by atoms with Crippen molar-refractivity contribution in [1.29, 1.82) is 0 Å². The summed E-state index contributed by atoms with van der Waals surface area (Å²) in [7, 11) is 0. The van der Waals surface area contributed by atoms with Gasteiger partial charge in [-0.2, -0.15) is 4.68 Å². The van der Waals surface area contributed by atoms with Crippen LogP contribution in [0, 0.1) is 10.1 Å². The molecule has 1 aromatic rings. The monoisotopic (exact) mass is 228 g/mol. The van der Waals surface area contributed by atoms with E-state index in [9.17, 15) is 14.9 Å². The van der Waals surface area contributed by atoms with Gasteiger partial charge in [0.05, 0.1) is 0 Å². The van der Waals surface area contributed by atoms with Crippen molar-refractivity contribution in [2.45, 2.75) is 32.2 Å². The minimum absolute atomic E-state index is 0.322. The summed E-state index contributed by atoms with van der Waals surface area (Å²) in [4.78, 5) is 24.2. The molecule has 0 aliphatic carbocycles. The van der Waals surface area contributed by atoms with E-state index < -0.39 is 22.4 Å². The standard InChI is InChI=1S/C8H12N4O4/c1-3-4-8(2,6(13)14)11-5-9-7(10-11)12(15)16/h5H,3-4H2,1-2H3,(H,13,14). The Kier molecular flexibility index (Phi) is 3.21. The van der Waals surface area contributed by atoms with E-state index in [-0.39, 0.29) is 0 Å². The van der Waals surface area contributed by atoms with Gasteiger partial charge < -0.3 is 15.2 Å². The molecule has 8 nitrogen and oxygen atoms in total. The zero-order chi connectivity index (χ0) is 12.3. The molecule has 1 unspecified atom stereocenters. The Balaban J connectivity index is 3.11. The van der Waals surface area contributed by atoms with Crippen molar-refractivity contribution in [3.05, 3.63) is 16.4 Å². The Bertz CT molecular complexity index is 416. The van der Waals surface area contributed by atoms with Crippen LogP contribution in [0.5, 0.6) is 0 Å². The third kappa shape index (κ3) is 2.00. The van der Waals surface area contributed by atoms with E-state index in [4.69, 9.17) is 5.11 Å². The van der Waals surface area contributed by atoms with Gasteiger partial charge in [-0.3, -0.25) is 0 Å². The van der Waals surface area contributed by atoms with Gasteiger partial charge in [-0.25, -0.2) is 4.79 Å². The Morgan fingerprint density at radius 2 is 2.38 bits per heavy atom. The Morgan fingerprint density at radius 1 is 1.75 bits per heavy atom. The minimum atomic E-state index is -1.30. The number of carboxylic acid groups (broad SMARTS) is 1. The molecule has 0 bridgehead atoms. The third-order valence-corrected chi connectivity index (χ3v) is 2.35. The number of aromatic nitrogens is 3. The number of carbonyl (C=O) groups is 1. The summed E-state index contributed by atoms with van der Waals surface area (Å²) in [6.07, 6.45) is 2.02. The van der Waals surface area contributed by atoms with Gasteiger partial charge in [0, 0.05) is 5.10 Å². The molecule has 1 heterocycles. The largest absolute Gasteiger partial charge is 0.490 e. The van der Waals surface area contributed by atoms with Crippen LogP contribution in [0.25, 0.3) is 0 Å². The first-order valence-electron chi connectivity index (χ1n) is 4.71. The van der Waals surface area contributed by atoms with Crippen LogP contribution < -0.4 is 0 Å². The Labute approximate surface area is 91.1 Å². The molecule has 1 N–H and O–H groups in total. The first-order valence-corrected chi connectivity index (χ1v) is 4.71. The third-order valence-electron chi connectivity index (χ3n) is 2.35. The van der Waals surface area contributed by atoms with E-state index in [0.29, 0.717) is 12.8 Å². The molecule has 1 rings (SSSR count). The highest BCUT2D eigenvalue weighted by molar-refractivity contribution is 5.75. The molecule has 0 aromatic carbocycles. The minimum Gasteiger partial charge on any atom is -0.479 e. The summed E-state index contributed by atoms with van der Waals surface area (Å²) in [5.74, 6) is -1.68. The molecule has 1 aromatic heterocycles. The molecule has 88 valence electrons. The fourth-order valence-electron chi connectivity index (χ4n) is 1.38. The quantitative estimate of drug-likeness (QED) is 0.589. The molecule has 1 atom stereocenters. The van der Waals surface area contributed by atoms with Crippen LogP contribution in [0.3, 0.4) is 0 Å². The molecule has 0 aliphatic rings. The summed E-state index contributed by atoms with van der Waals surface area (Å²) in [5.41, 5.74) is -1.30. The zero-order valence-corrected chi connectivity index (χ0v) is 8.95. The molecule has 16 heavy (non-hydrogen) atoms. The highest BCUT2D eigenvalue weighted by Crippen LogP contribution is 2.22. The maximum atomic E-state index is 11.1. The molecular weight excluding hydrogens is 216 g/mol. The summed E-state index contributed by atoms with van der Waals surface area (Å²) in [5, 5.41) is 23.0. The molecular formula is C8H12N4O4. The van der Waals surface area contributed by atoms with Gasteiger partial charge in [-0.1, -0.05) is 18.3 Å². The van der Waals surface area contributed by atoms with E-state index in [1.807, 2.05) is 6.92 Å². The highest BCUT2D eigenvalue weighted by atomic mass is 16.6. The molecule has 0 aliphatic heterocycles. The number of carboxylic acids is 1. The number of rotatable bonds is 5. The lowest BCUT2D eigenvalue weighted by Crippen LogP contribution is -2.39. The molecule has 0 saturated heterocycles. The average Bonchev–Trinajstić information content (AvgIpc) is 2.66. The van der Waals surface area contributed by atoms with Crippen molar-refractivity contribution in [2.24, 2.45) is 0 Å². The van der Waals surface area contributed by atoms with Gasteiger partial charge in [-0.05, 0) is 18.3 Å². The lowest BCUT2D eigenvalue weighted by atomic mass is 9.97. The summed E-state index contributed by atoms with van der Waals surface area (Å²) < 4.78 is 1.02. The van der Waals surface area contributed by atoms with E-state index in [2.05, 4.69) is 10.1 Å². The maximum Gasteiger partial charge on any atom is 0.490 e. The van der Waals surface area contributed by atoms with Gasteiger partial charge in [-0.15, -0.1) is 0 Å². The predicted molar refractivity (Wildman–Crippen MR) is 52.9 cm³/mol. The van der Waals surface area contributed by atoms with Crippen LogP contribution >= 0.6 is 0 Å². The predicted octanol–water partition coefficient (Wildman–Crippen LogP) is 0.786. The van der Waals surface area contributed by atoms with Crippen molar-refractivity contribution < 1.29 is 14.8 Å². The first kappa shape index (κ1) is 12.1. The normalized spacial score (nSPS) is 14.4. The molecule has 0 radical (unpaired) electrons. The Morgan fingerprint density at radius 3 is 2.75 bits per heavy atom. The Hall–Kier alpha value is -1.99. The molecule has 8 heteroatoms. The van der Waals surface area contributed by atoms with Gasteiger partial charge >= 0.3 is 11.9 Å². The lowest BCUT2D eigenvalue weighted by Gasteiger charge is -2.21. The van der Waals surface area contributed by atoms with Crippen LogP contribution in [-0.4, -0.2) is 30.8 Å². The first-order chi connectivity index (χ1) is 7.41. The van der Waals surface area contributed by atoms with Crippen LogP contribution in [-0.2, 0) is 10.3 Å². The molecule has 0 spiro atoms. The second-order valence-corrected chi connectivity index (χ2v) is 3.58. The zero-order valence-electron chi connectivity index (χ0n) is 8.95. The van der Waals surface area contributed by atoms with Crippen LogP contribution in [0.15, 0.2) is 6.33 Å². The number of hydrogen-bond donors (Lipinski definition) is 1. The second kappa shape index (κ2) is 4.25. The smallest absolute Gasteiger partial charge is 0.479 e. The molecule has 0 amide bonds. The van der Waals surface area contributed by atoms with Gasteiger partial charge in [0.15, 0.2) is 5.54 Å². The molecule has 0 saturated carbocycles. The second-order valence-electron chi connectivity index (χ2n) is 3.58. The summed E-state index contributed by atoms with van der Waals surface area (Å²) in [6.45, 7) is 3.28. The van der Waals surface area contributed by atoms with E-state index in [1.54, 1.807) is 0 Å². The maximum absolute atomic E-state index is 11.1. The van der Waals surface area contributed by atoms with Gasteiger partial charge in [0.2, 0.25) is 6.33 Å². The average molecular weight is 228 g/mol. The van der Waals surface area contributed by atoms with Crippen molar-refractivity contribution in [1.82, 2.24) is 14.8 Å².